The fraction of sp³-hybridized carbons (Fsp3) is 0.467. The van der Waals surface area contributed by atoms with Crippen LogP contribution in [0.1, 0.15) is 33.3 Å². The highest BCUT2D eigenvalue weighted by Crippen LogP contribution is 2.07. The van der Waals surface area contributed by atoms with E-state index in [9.17, 15) is 14.7 Å². The maximum atomic E-state index is 11.2. The van der Waals surface area contributed by atoms with Gasteiger partial charge in [0.1, 0.15) is 6.61 Å². The van der Waals surface area contributed by atoms with Gasteiger partial charge in [-0.05, 0) is 33.3 Å². The van der Waals surface area contributed by atoms with Crippen molar-refractivity contribution >= 4 is 11.9 Å². The summed E-state index contributed by atoms with van der Waals surface area (Å²) >= 11 is 0. The number of aliphatic carboxylic acids is 1. The number of carbonyl (C=O) groups is 2. The van der Waals surface area contributed by atoms with Crippen LogP contribution in [0.15, 0.2) is 30.3 Å². The number of carboxylic acids is 1. The van der Waals surface area contributed by atoms with Gasteiger partial charge in [0.05, 0.1) is 0 Å². The van der Waals surface area contributed by atoms with E-state index in [4.69, 9.17) is 14.9 Å². The van der Waals surface area contributed by atoms with Gasteiger partial charge in [0.25, 0.3) is 0 Å². The van der Waals surface area contributed by atoms with E-state index in [0.29, 0.717) is 0 Å². The van der Waals surface area contributed by atoms with Crippen molar-refractivity contribution in [3.63, 3.8) is 0 Å². The molecule has 1 aromatic rings. The first kappa shape index (κ1) is 19.1. The Morgan fingerprint density at radius 2 is 1.43 bits per heavy atom. The molecule has 0 bridgehead atoms. The molecule has 0 atom stereocenters. The number of ether oxygens (including phenoxy) is 1. The highest BCUT2D eigenvalue weighted by molar-refractivity contribution is 5.78. The van der Waals surface area contributed by atoms with E-state index < -0.39 is 23.1 Å². The topological polar surface area (TPSA) is 104 Å². The van der Waals surface area contributed by atoms with E-state index in [1.54, 1.807) is 0 Å². The molecular weight excluding hydrogens is 276 g/mol. The van der Waals surface area contributed by atoms with E-state index >= 15 is 0 Å². The molecule has 0 heterocycles. The average molecular weight is 298 g/mol. The van der Waals surface area contributed by atoms with E-state index in [0.717, 1.165) is 5.56 Å². The lowest BCUT2D eigenvalue weighted by Crippen LogP contribution is -2.32. The second-order valence-electron chi connectivity index (χ2n) is 5.48. The normalized spacial score (nSPS) is 11.1. The Kier molecular flexibility index (Phi) is 7.05. The lowest BCUT2D eigenvalue weighted by atomic mass is 10.1. The number of carboxylic acid groups (broad SMARTS) is 1. The molecule has 0 amide bonds. The number of carbonyl (C=O) groups excluding carboxylic acids is 1. The van der Waals surface area contributed by atoms with Crippen LogP contribution in [-0.2, 0) is 20.9 Å². The second kappa shape index (κ2) is 7.75. The zero-order chi connectivity index (χ0) is 16.7. The van der Waals surface area contributed by atoms with Crippen LogP contribution in [0.3, 0.4) is 0 Å². The van der Waals surface area contributed by atoms with Crippen molar-refractivity contribution in [2.45, 2.75) is 45.5 Å². The number of esters is 1. The van der Waals surface area contributed by atoms with Crippen LogP contribution in [0.2, 0.25) is 0 Å². The Bertz CT molecular complexity index is 453. The van der Waals surface area contributed by atoms with Gasteiger partial charge in [0, 0.05) is 0 Å². The van der Waals surface area contributed by atoms with Gasteiger partial charge < -0.3 is 20.1 Å². The van der Waals surface area contributed by atoms with Crippen LogP contribution >= 0.6 is 0 Å². The predicted molar refractivity (Wildman–Crippen MR) is 76.5 cm³/mol. The monoisotopic (exact) mass is 298 g/mol. The van der Waals surface area contributed by atoms with Gasteiger partial charge in [-0.15, -0.1) is 0 Å². The molecule has 1 rings (SSSR count). The highest BCUT2D eigenvalue weighted by Gasteiger charge is 2.25. The molecule has 0 saturated carbocycles. The lowest BCUT2D eigenvalue weighted by Gasteiger charge is -2.15. The third-order valence-electron chi connectivity index (χ3n) is 2.24. The van der Waals surface area contributed by atoms with Crippen molar-refractivity contribution in [1.82, 2.24) is 0 Å². The molecule has 0 radical (unpaired) electrons. The fourth-order valence-corrected chi connectivity index (χ4v) is 0.900. The Balaban J connectivity index is 0.000000486. The minimum atomic E-state index is -1.58. The first-order valence-corrected chi connectivity index (χ1v) is 6.34. The second-order valence-corrected chi connectivity index (χ2v) is 5.48. The Hall–Kier alpha value is -1.92. The van der Waals surface area contributed by atoms with Crippen molar-refractivity contribution in [3.8, 4) is 0 Å². The number of hydrogen-bond acceptors (Lipinski definition) is 5. The van der Waals surface area contributed by atoms with Crippen molar-refractivity contribution < 1.29 is 29.6 Å². The molecular formula is C15H22O6. The van der Waals surface area contributed by atoms with Gasteiger partial charge in [0.2, 0.25) is 0 Å². The minimum absolute atomic E-state index is 0.198. The summed E-state index contributed by atoms with van der Waals surface area (Å²) in [6.45, 7) is 5.44. The zero-order valence-electron chi connectivity index (χ0n) is 12.7. The van der Waals surface area contributed by atoms with E-state index in [2.05, 4.69) is 0 Å². The first-order chi connectivity index (χ1) is 9.44. The molecule has 0 aliphatic rings. The highest BCUT2D eigenvalue weighted by atomic mass is 16.5. The maximum Gasteiger partial charge on any atom is 0.337 e. The van der Waals surface area contributed by atoms with Gasteiger partial charge in [0.15, 0.2) is 11.2 Å². The van der Waals surface area contributed by atoms with Crippen LogP contribution in [0.5, 0.6) is 0 Å². The van der Waals surface area contributed by atoms with Gasteiger partial charge in [-0.2, -0.15) is 0 Å². The van der Waals surface area contributed by atoms with Crippen molar-refractivity contribution in [2.75, 3.05) is 0 Å². The summed E-state index contributed by atoms with van der Waals surface area (Å²) in [5, 5.41) is 25.8. The molecule has 0 saturated heterocycles. The van der Waals surface area contributed by atoms with Crippen LogP contribution < -0.4 is 0 Å². The van der Waals surface area contributed by atoms with E-state index in [-0.39, 0.29) is 6.61 Å². The molecule has 1 aromatic carbocycles. The van der Waals surface area contributed by atoms with Crippen LogP contribution in [0.4, 0.5) is 0 Å². The molecule has 118 valence electrons. The molecule has 3 N–H and O–H groups in total. The molecule has 0 aromatic heterocycles. The largest absolute Gasteiger partial charge is 0.479 e. The van der Waals surface area contributed by atoms with Crippen LogP contribution in [0.25, 0.3) is 0 Å². The van der Waals surface area contributed by atoms with Gasteiger partial charge in [-0.3, -0.25) is 0 Å². The Labute approximate surface area is 124 Å². The number of hydrogen-bond donors (Lipinski definition) is 3. The molecule has 0 aliphatic carbocycles. The Morgan fingerprint density at radius 3 is 1.76 bits per heavy atom. The Morgan fingerprint density at radius 1 is 1.00 bits per heavy atom. The van der Waals surface area contributed by atoms with Crippen molar-refractivity contribution in [3.05, 3.63) is 35.9 Å². The zero-order valence-corrected chi connectivity index (χ0v) is 12.7. The lowest BCUT2D eigenvalue weighted by molar-refractivity contribution is -0.163. The fourth-order valence-electron chi connectivity index (χ4n) is 0.900. The summed E-state index contributed by atoms with van der Waals surface area (Å²) in [7, 11) is 0. The summed E-state index contributed by atoms with van der Waals surface area (Å²) in [5.74, 6) is -1.81. The van der Waals surface area contributed by atoms with E-state index in [1.165, 1.54) is 27.7 Å². The summed E-state index contributed by atoms with van der Waals surface area (Å²) in [5.41, 5.74) is -2.10. The standard InChI is InChI=1S/C11H14O3.C4H8O3/c1-11(2,13)10(12)14-8-9-6-4-3-5-7-9;1-4(2,7)3(5)6/h3-7,13H,8H2,1-2H3;7H,1-2H3,(H,5,6). The molecule has 0 unspecified atom stereocenters. The van der Waals surface area contributed by atoms with Crippen molar-refractivity contribution in [2.24, 2.45) is 0 Å². The van der Waals surface area contributed by atoms with Crippen molar-refractivity contribution in [1.29, 1.82) is 0 Å². The third kappa shape index (κ3) is 8.78. The van der Waals surface area contributed by atoms with Gasteiger partial charge in [-0.1, -0.05) is 30.3 Å². The SMILES string of the molecule is CC(C)(O)C(=O)O.CC(C)(O)C(=O)OCc1ccccc1. The predicted octanol–water partition coefficient (Wildman–Crippen LogP) is 1.34. The van der Waals surface area contributed by atoms with Crippen LogP contribution in [-0.4, -0.2) is 38.5 Å². The summed E-state index contributed by atoms with van der Waals surface area (Å²) in [6.07, 6.45) is 0. The molecule has 6 nitrogen and oxygen atoms in total. The van der Waals surface area contributed by atoms with Gasteiger partial charge >= 0.3 is 11.9 Å². The summed E-state index contributed by atoms with van der Waals surface area (Å²) in [4.78, 5) is 20.9. The molecule has 0 spiro atoms. The first-order valence-electron chi connectivity index (χ1n) is 6.34. The maximum absolute atomic E-state index is 11.2. The van der Waals surface area contributed by atoms with Gasteiger partial charge in [-0.25, -0.2) is 9.59 Å². The average Bonchev–Trinajstić information content (AvgIpc) is 2.35. The third-order valence-corrected chi connectivity index (χ3v) is 2.24. The molecule has 6 heteroatoms. The molecule has 0 fully saturated rings. The molecule has 0 aliphatic heterocycles. The van der Waals surface area contributed by atoms with E-state index in [1.807, 2.05) is 30.3 Å². The number of aliphatic hydroxyl groups is 2. The van der Waals surface area contributed by atoms with Crippen LogP contribution in [0, 0.1) is 0 Å². The number of benzene rings is 1. The smallest absolute Gasteiger partial charge is 0.337 e. The summed E-state index contributed by atoms with van der Waals surface area (Å²) < 4.78 is 4.90. The quantitative estimate of drug-likeness (QED) is 0.725. The molecule has 21 heavy (non-hydrogen) atoms. The number of rotatable bonds is 4. The minimum Gasteiger partial charge on any atom is -0.479 e. The summed E-state index contributed by atoms with van der Waals surface area (Å²) in [6, 6.07) is 9.34.